The molecule has 34 heavy (non-hydrogen) atoms. The monoisotopic (exact) mass is 451 g/mol. The van der Waals surface area contributed by atoms with Gasteiger partial charge in [0.15, 0.2) is 5.60 Å². The lowest BCUT2D eigenvalue weighted by atomic mass is 9.76. The van der Waals surface area contributed by atoms with Gasteiger partial charge >= 0.3 is 5.97 Å². The number of anilines is 1. The average Bonchev–Trinajstić information content (AvgIpc) is 3.17. The van der Waals surface area contributed by atoms with Gasteiger partial charge in [-0.3, -0.25) is 0 Å². The molecule has 170 valence electrons. The van der Waals surface area contributed by atoms with Gasteiger partial charge in [-0.15, -0.1) is 0 Å². The second-order valence-corrected chi connectivity index (χ2v) is 8.57. The van der Waals surface area contributed by atoms with Gasteiger partial charge in [-0.25, -0.2) is 4.79 Å². The number of rotatable bonds is 4. The molecule has 0 aliphatic carbocycles. The number of benzene rings is 4. The van der Waals surface area contributed by atoms with Crippen molar-refractivity contribution < 1.29 is 19.0 Å². The lowest BCUT2D eigenvalue weighted by molar-refractivity contribution is 0.0224. The average molecular weight is 452 g/mol. The molecule has 2 heterocycles. The van der Waals surface area contributed by atoms with Crippen molar-refractivity contribution in [1.82, 2.24) is 0 Å². The van der Waals surface area contributed by atoms with Crippen molar-refractivity contribution in [3.8, 4) is 17.2 Å². The molecule has 2 aliphatic heterocycles. The predicted octanol–water partition coefficient (Wildman–Crippen LogP) is 6.26. The summed E-state index contributed by atoms with van der Waals surface area (Å²) in [6.45, 7) is 6.04. The molecule has 2 aliphatic rings. The molecule has 0 radical (unpaired) electrons. The lowest BCUT2D eigenvalue weighted by Crippen LogP contribution is -2.33. The fourth-order valence-corrected chi connectivity index (χ4v) is 5.40. The molecule has 0 amide bonds. The Morgan fingerprint density at radius 1 is 0.853 bits per heavy atom. The van der Waals surface area contributed by atoms with Crippen molar-refractivity contribution in [1.29, 1.82) is 0 Å². The molecule has 4 aromatic rings. The van der Waals surface area contributed by atoms with Crippen molar-refractivity contribution in [3.05, 3.63) is 95.1 Å². The van der Waals surface area contributed by atoms with E-state index in [9.17, 15) is 4.79 Å². The number of nitrogens with zero attached hydrogens (tertiary/aromatic N) is 1. The second kappa shape index (κ2) is 7.52. The Labute approximate surface area is 198 Å². The van der Waals surface area contributed by atoms with Gasteiger partial charge in [0.1, 0.15) is 17.2 Å². The first-order valence-corrected chi connectivity index (χ1v) is 11.6. The molecular formula is C29H25NO4. The van der Waals surface area contributed by atoms with Gasteiger partial charge in [0, 0.05) is 46.7 Å². The minimum absolute atomic E-state index is 0.339. The van der Waals surface area contributed by atoms with Crippen LogP contribution in [0.5, 0.6) is 17.2 Å². The fourth-order valence-electron chi connectivity index (χ4n) is 5.40. The summed E-state index contributed by atoms with van der Waals surface area (Å²) < 4.78 is 18.7. The van der Waals surface area contributed by atoms with Crippen LogP contribution in [0, 0.1) is 0 Å². The van der Waals surface area contributed by atoms with Gasteiger partial charge in [-0.1, -0.05) is 42.5 Å². The first-order valence-electron chi connectivity index (χ1n) is 11.6. The van der Waals surface area contributed by atoms with Gasteiger partial charge in [0.25, 0.3) is 0 Å². The highest BCUT2D eigenvalue weighted by atomic mass is 16.6. The Balaban J connectivity index is 1.72. The maximum Gasteiger partial charge on any atom is 0.340 e. The molecule has 5 nitrogen and oxygen atoms in total. The van der Waals surface area contributed by atoms with Gasteiger partial charge < -0.3 is 19.1 Å². The SMILES string of the molecule is CCN(CC)c1ccc2c(c1)Oc1c(cc(OC)c3ccccc13)C21OC(=O)c2ccccc21. The quantitative estimate of drug-likeness (QED) is 0.343. The summed E-state index contributed by atoms with van der Waals surface area (Å²) in [5, 5.41) is 1.86. The lowest BCUT2D eigenvalue weighted by Gasteiger charge is -2.38. The molecule has 0 fully saturated rings. The smallest absolute Gasteiger partial charge is 0.340 e. The molecular weight excluding hydrogens is 426 g/mol. The Hall–Kier alpha value is -3.99. The second-order valence-electron chi connectivity index (χ2n) is 8.57. The van der Waals surface area contributed by atoms with E-state index in [4.69, 9.17) is 14.2 Å². The topological polar surface area (TPSA) is 48.0 Å². The third-order valence-corrected chi connectivity index (χ3v) is 7.01. The summed E-state index contributed by atoms with van der Waals surface area (Å²) in [5.74, 6) is 1.75. The molecule has 0 saturated heterocycles. The maximum absolute atomic E-state index is 13.1. The fraction of sp³-hybridized carbons (Fsp3) is 0.207. The van der Waals surface area contributed by atoms with Crippen molar-refractivity contribution in [2.45, 2.75) is 19.4 Å². The highest BCUT2D eigenvalue weighted by Gasteiger charge is 2.54. The van der Waals surface area contributed by atoms with E-state index in [0.29, 0.717) is 22.8 Å². The standard InChI is InChI=1S/C29H25NO4/c1-4-30(5-2)18-14-15-23-26(16-18)33-27-20-11-7-6-10-19(20)25(32-3)17-24(27)29(23)22-13-9-8-12-21(22)28(31)34-29/h6-17H,4-5H2,1-3H3. The van der Waals surface area contributed by atoms with Crippen LogP contribution in [0.25, 0.3) is 10.8 Å². The molecule has 0 N–H and O–H groups in total. The Bertz CT molecular complexity index is 1460. The number of carbonyl (C=O) groups is 1. The van der Waals surface area contributed by atoms with E-state index in [-0.39, 0.29) is 5.97 Å². The molecule has 5 heteroatoms. The Morgan fingerprint density at radius 3 is 2.35 bits per heavy atom. The third kappa shape index (κ3) is 2.64. The first kappa shape index (κ1) is 20.6. The van der Waals surface area contributed by atoms with Crippen molar-refractivity contribution in [3.63, 3.8) is 0 Å². The van der Waals surface area contributed by atoms with Crippen LogP contribution >= 0.6 is 0 Å². The zero-order chi connectivity index (χ0) is 23.4. The minimum Gasteiger partial charge on any atom is -0.496 e. The summed E-state index contributed by atoms with van der Waals surface area (Å²) in [6.07, 6.45) is 0. The van der Waals surface area contributed by atoms with Crippen LogP contribution in [-0.4, -0.2) is 26.2 Å². The molecule has 0 saturated carbocycles. The minimum atomic E-state index is -1.12. The van der Waals surface area contributed by atoms with E-state index in [1.165, 1.54) is 0 Å². The Kier molecular flexibility index (Phi) is 4.56. The van der Waals surface area contributed by atoms with Crippen LogP contribution in [0.15, 0.2) is 72.8 Å². The van der Waals surface area contributed by atoms with Crippen LogP contribution in [0.1, 0.15) is 40.9 Å². The summed E-state index contributed by atoms with van der Waals surface area (Å²) in [5.41, 5.74) is 2.92. The number of esters is 1. The Morgan fingerprint density at radius 2 is 1.59 bits per heavy atom. The summed E-state index contributed by atoms with van der Waals surface area (Å²) in [4.78, 5) is 15.4. The molecule has 6 rings (SSSR count). The van der Waals surface area contributed by atoms with E-state index in [1.54, 1.807) is 7.11 Å². The van der Waals surface area contributed by atoms with Gasteiger partial charge in [-0.05, 0) is 38.1 Å². The van der Waals surface area contributed by atoms with Gasteiger partial charge in [0.2, 0.25) is 0 Å². The molecule has 0 bridgehead atoms. The number of ether oxygens (including phenoxy) is 3. The van der Waals surface area contributed by atoms with E-state index < -0.39 is 5.60 Å². The number of methoxy groups -OCH3 is 1. The largest absolute Gasteiger partial charge is 0.496 e. The van der Waals surface area contributed by atoms with Crippen LogP contribution in [0.3, 0.4) is 0 Å². The zero-order valence-corrected chi connectivity index (χ0v) is 19.4. The highest BCUT2D eigenvalue weighted by molar-refractivity contribution is 6.00. The van der Waals surface area contributed by atoms with Crippen LogP contribution < -0.4 is 14.4 Å². The number of fused-ring (bicyclic) bond motifs is 8. The molecule has 1 atom stereocenters. The first-order chi connectivity index (χ1) is 16.6. The number of hydrogen-bond acceptors (Lipinski definition) is 5. The van der Waals surface area contributed by atoms with Gasteiger partial charge in [0.05, 0.1) is 18.2 Å². The van der Waals surface area contributed by atoms with Crippen LogP contribution in [0.2, 0.25) is 0 Å². The summed E-state index contributed by atoms with van der Waals surface area (Å²) in [6, 6.07) is 23.7. The highest BCUT2D eigenvalue weighted by Crippen LogP contribution is 2.59. The van der Waals surface area contributed by atoms with Crippen LogP contribution in [0.4, 0.5) is 5.69 Å². The molecule has 0 aromatic heterocycles. The van der Waals surface area contributed by atoms with Crippen molar-refractivity contribution >= 4 is 22.4 Å². The molecule has 1 unspecified atom stereocenters. The number of carbonyl (C=O) groups excluding carboxylic acids is 1. The predicted molar refractivity (Wildman–Crippen MR) is 132 cm³/mol. The van der Waals surface area contributed by atoms with E-state index in [1.807, 2.05) is 60.7 Å². The van der Waals surface area contributed by atoms with Crippen molar-refractivity contribution in [2.24, 2.45) is 0 Å². The number of hydrogen-bond donors (Lipinski definition) is 0. The molecule has 4 aromatic carbocycles. The molecule has 1 spiro atoms. The van der Waals surface area contributed by atoms with Crippen LogP contribution in [-0.2, 0) is 10.3 Å². The van der Waals surface area contributed by atoms with Crippen molar-refractivity contribution in [2.75, 3.05) is 25.1 Å². The van der Waals surface area contributed by atoms with Gasteiger partial charge in [-0.2, -0.15) is 0 Å². The van der Waals surface area contributed by atoms with E-state index in [2.05, 4.69) is 30.9 Å². The maximum atomic E-state index is 13.1. The summed E-state index contributed by atoms with van der Waals surface area (Å²) in [7, 11) is 1.66. The summed E-state index contributed by atoms with van der Waals surface area (Å²) >= 11 is 0. The van der Waals surface area contributed by atoms with E-state index >= 15 is 0 Å². The third-order valence-electron chi connectivity index (χ3n) is 7.01. The van der Waals surface area contributed by atoms with E-state index in [0.717, 1.165) is 46.2 Å². The normalized spacial score (nSPS) is 17.6. The zero-order valence-electron chi connectivity index (χ0n) is 19.4.